The summed E-state index contributed by atoms with van der Waals surface area (Å²) in [5.74, 6) is -1.99. The van der Waals surface area contributed by atoms with Gasteiger partial charge in [-0.15, -0.1) is 0 Å². The Hall–Kier alpha value is -3.81. The quantitative estimate of drug-likeness (QED) is 0.573. The first-order chi connectivity index (χ1) is 13.6. The monoisotopic (exact) mass is 380 g/mol. The second kappa shape index (κ2) is 7.43. The van der Waals surface area contributed by atoms with Gasteiger partial charge in [0.15, 0.2) is 11.6 Å². The molecule has 3 aromatic heterocycles. The Balaban J connectivity index is 1.51. The van der Waals surface area contributed by atoms with Crippen molar-refractivity contribution >= 4 is 11.4 Å². The number of amides is 1. The highest BCUT2D eigenvalue weighted by Gasteiger charge is 2.14. The molecule has 0 aliphatic rings. The second-order valence-electron chi connectivity index (χ2n) is 5.92. The predicted octanol–water partition coefficient (Wildman–Crippen LogP) is 3.73. The number of nitrogens with zero attached hydrogens (tertiary/aromatic N) is 3. The third-order valence-corrected chi connectivity index (χ3v) is 4.07. The molecular weight excluding hydrogens is 366 g/mol. The summed E-state index contributed by atoms with van der Waals surface area (Å²) >= 11 is 0. The minimum Gasteiger partial charge on any atom is -0.439 e. The minimum absolute atomic E-state index is 0.104. The summed E-state index contributed by atoms with van der Waals surface area (Å²) in [4.78, 5) is 16.6. The second-order valence-corrected chi connectivity index (χ2v) is 5.92. The number of pyridine rings is 2. The molecule has 0 atom stereocenters. The van der Waals surface area contributed by atoms with Crippen LogP contribution in [0.25, 0.3) is 5.52 Å². The van der Waals surface area contributed by atoms with Crippen molar-refractivity contribution in [1.29, 1.82) is 0 Å². The van der Waals surface area contributed by atoms with Crippen molar-refractivity contribution in [3.63, 3.8) is 0 Å². The maximum atomic E-state index is 13.4. The van der Waals surface area contributed by atoms with Gasteiger partial charge in [0.25, 0.3) is 5.91 Å². The summed E-state index contributed by atoms with van der Waals surface area (Å²) in [5, 5.41) is 6.93. The molecule has 0 saturated heterocycles. The lowest BCUT2D eigenvalue weighted by atomic mass is 10.2. The smallest absolute Gasteiger partial charge is 0.255 e. The molecule has 0 aliphatic heterocycles. The van der Waals surface area contributed by atoms with Gasteiger partial charge in [-0.05, 0) is 30.3 Å². The molecule has 6 nitrogen and oxygen atoms in total. The Kier molecular flexibility index (Phi) is 4.67. The molecular formula is C20H14F2N4O2. The maximum Gasteiger partial charge on any atom is 0.255 e. The zero-order valence-electron chi connectivity index (χ0n) is 14.5. The molecule has 0 unspecified atom stereocenters. The Labute approximate surface area is 158 Å². The number of ether oxygens (including phenoxy) is 1. The van der Waals surface area contributed by atoms with Crippen LogP contribution in [0.5, 0.6) is 11.6 Å². The van der Waals surface area contributed by atoms with Gasteiger partial charge in [-0.25, -0.2) is 18.3 Å². The molecule has 0 spiro atoms. The third kappa shape index (κ3) is 3.52. The van der Waals surface area contributed by atoms with E-state index >= 15 is 0 Å². The number of hydrogen-bond donors (Lipinski definition) is 1. The van der Waals surface area contributed by atoms with Crippen LogP contribution < -0.4 is 10.1 Å². The average Bonchev–Trinajstić information content (AvgIpc) is 3.14. The first-order valence-corrected chi connectivity index (χ1v) is 8.39. The van der Waals surface area contributed by atoms with Crippen LogP contribution in [0, 0.1) is 11.6 Å². The molecule has 4 rings (SSSR count). The number of aromatic nitrogens is 3. The summed E-state index contributed by atoms with van der Waals surface area (Å²) in [6.07, 6.45) is 4.75. The van der Waals surface area contributed by atoms with Gasteiger partial charge in [0.2, 0.25) is 5.88 Å². The summed E-state index contributed by atoms with van der Waals surface area (Å²) in [6, 6.07) is 12.1. The van der Waals surface area contributed by atoms with Gasteiger partial charge < -0.3 is 10.1 Å². The highest BCUT2D eigenvalue weighted by Crippen LogP contribution is 2.24. The lowest BCUT2D eigenvalue weighted by Crippen LogP contribution is -2.23. The number of rotatable bonds is 5. The van der Waals surface area contributed by atoms with Crippen LogP contribution >= 0.6 is 0 Å². The number of hydrogen-bond acceptors (Lipinski definition) is 4. The first-order valence-electron chi connectivity index (χ1n) is 8.39. The fraction of sp³-hybridized carbons (Fsp3) is 0.0500. The summed E-state index contributed by atoms with van der Waals surface area (Å²) in [7, 11) is 0. The van der Waals surface area contributed by atoms with Crippen LogP contribution in [-0.4, -0.2) is 20.5 Å². The molecule has 1 N–H and O–H groups in total. The van der Waals surface area contributed by atoms with Crippen molar-refractivity contribution in [2.45, 2.75) is 6.54 Å². The Bertz CT molecular complexity index is 1160. The molecule has 28 heavy (non-hydrogen) atoms. The summed E-state index contributed by atoms with van der Waals surface area (Å²) in [6.45, 7) is 0.135. The SMILES string of the molecule is O=C(NCc1cccnc1Oc1ccc(F)c(F)c1)c1cnn2ccccc12. The van der Waals surface area contributed by atoms with Crippen LogP contribution in [0.15, 0.2) is 67.1 Å². The van der Waals surface area contributed by atoms with Crippen LogP contribution in [0.4, 0.5) is 8.78 Å². The minimum atomic E-state index is -1.02. The molecule has 0 radical (unpaired) electrons. The highest BCUT2D eigenvalue weighted by molar-refractivity contribution is 6.00. The van der Waals surface area contributed by atoms with E-state index in [9.17, 15) is 13.6 Å². The number of carbonyl (C=O) groups excluding carboxylic acids is 1. The van der Waals surface area contributed by atoms with Crippen molar-refractivity contribution in [3.8, 4) is 11.6 Å². The molecule has 3 heterocycles. The van der Waals surface area contributed by atoms with Crippen LogP contribution in [-0.2, 0) is 6.54 Å². The standard InChI is InChI=1S/C20H14F2N4O2/c21-16-7-6-14(10-17(16)22)28-20-13(4-3-8-23-20)11-24-19(27)15-12-25-26-9-2-1-5-18(15)26/h1-10,12H,11H2,(H,24,27). The number of nitrogens with one attached hydrogen (secondary N) is 1. The predicted molar refractivity (Wildman–Crippen MR) is 97.0 cm³/mol. The molecule has 0 bridgehead atoms. The van der Waals surface area contributed by atoms with Gasteiger partial charge >= 0.3 is 0 Å². The molecule has 8 heteroatoms. The van der Waals surface area contributed by atoms with Crippen molar-refractivity contribution in [3.05, 3.63) is 89.9 Å². The number of fused-ring (bicyclic) bond motifs is 1. The van der Waals surface area contributed by atoms with Gasteiger partial charge in [0.1, 0.15) is 5.75 Å². The van der Waals surface area contributed by atoms with Gasteiger partial charge in [0.05, 0.1) is 17.3 Å². The number of halogens is 2. The largest absolute Gasteiger partial charge is 0.439 e. The lowest BCUT2D eigenvalue weighted by molar-refractivity contribution is 0.0952. The molecule has 4 aromatic rings. The van der Waals surface area contributed by atoms with E-state index in [2.05, 4.69) is 15.4 Å². The summed E-state index contributed by atoms with van der Waals surface area (Å²) < 4.78 is 33.6. The lowest BCUT2D eigenvalue weighted by Gasteiger charge is -2.11. The Morgan fingerprint density at radius 1 is 1.11 bits per heavy atom. The van der Waals surface area contributed by atoms with E-state index in [1.807, 2.05) is 12.1 Å². The van der Waals surface area contributed by atoms with E-state index in [1.165, 1.54) is 18.5 Å². The van der Waals surface area contributed by atoms with E-state index in [-0.39, 0.29) is 24.1 Å². The van der Waals surface area contributed by atoms with Crippen LogP contribution in [0.3, 0.4) is 0 Å². The number of benzene rings is 1. The van der Waals surface area contributed by atoms with Crippen molar-refractivity contribution in [2.24, 2.45) is 0 Å². The molecule has 0 aliphatic carbocycles. The van der Waals surface area contributed by atoms with E-state index < -0.39 is 11.6 Å². The first kappa shape index (κ1) is 17.6. The molecule has 0 fully saturated rings. The van der Waals surface area contributed by atoms with Gasteiger partial charge in [-0.1, -0.05) is 12.1 Å². The normalized spacial score (nSPS) is 10.8. The van der Waals surface area contributed by atoms with E-state index in [4.69, 9.17) is 4.74 Å². The molecule has 1 aromatic carbocycles. The maximum absolute atomic E-state index is 13.4. The highest BCUT2D eigenvalue weighted by atomic mass is 19.2. The van der Waals surface area contributed by atoms with E-state index in [0.717, 1.165) is 12.1 Å². The van der Waals surface area contributed by atoms with Crippen molar-refractivity contribution < 1.29 is 18.3 Å². The van der Waals surface area contributed by atoms with Crippen molar-refractivity contribution in [2.75, 3.05) is 0 Å². The molecule has 0 saturated carbocycles. The fourth-order valence-corrected chi connectivity index (χ4v) is 2.68. The van der Waals surface area contributed by atoms with Gasteiger partial charge in [-0.2, -0.15) is 5.10 Å². The van der Waals surface area contributed by atoms with Crippen LogP contribution in [0.1, 0.15) is 15.9 Å². The zero-order valence-corrected chi connectivity index (χ0v) is 14.5. The number of carbonyl (C=O) groups is 1. The third-order valence-electron chi connectivity index (χ3n) is 4.07. The average molecular weight is 380 g/mol. The molecule has 1 amide bonds. The van der Waals surface area contributed by atoms with Crippen molar-refractivity contribution in [1.82, 2.24) is 19.9 Å². The molecule has 140 valence electrons. The van der Waals surface area contributed by atoms with E-state index in [1.54, 1.807) is 28.9 Å². The summed E-state index contributed by atoms with van der Waals surface area (Å²) in [5.41, 5.74) is 1.70. The van der Waals surface area contributed by atoms with Crippen LogP contribution in [0.2, 0.25) is 0 Å². The topological polar surface area (TPSA) is 68.5 Å². The van der Waals surface area contributed by atoms with Gasteiger partial charge in [-0.3, -0.25) is 4.79 Å². The fourth-order valence-electron chi connectivity index (χ4n) is 2.68. The Morgan fingerprint density at radius 2 is 2.00 bits per heavy atom. The Morgan fingerprint density at radius 3 is 2.86 bits per heavy atom. The van der Waals surface area contributed by atoms with Gasteiger partial charge in [0, 0.05) is 30.6 Å². The van der Waals surface area contributed by atoms with E-state index in [0.29, 0.717) is 16.6 Å². The zero-order chi connectivity index (χ0) is 19.5.